The molecule has 3 rings (SSSR count). The smallest absolute Gasteiger partial charge is 0.387 e. The fourth-order valence-corrected chi connectivity index (χ4v) is 5.88. The second-order valence-electron chi connectivity index (χ2n) is 6.43. The van der Waals surface area contributed by atoms with Gasteiger partial charge >= 0.3 is 23.5 Å². The number of imidazole rings is 1. The van der Waals surface area contributed by atoms with Gasteiger partial charge in [-0.25, -0.2) is 28.6 Å². The molecule has 0 aliphatic carbocycles. The Balaban J connectivity index is 1.86. The number of fused-ring (bicyclic) bond motifs is 1. The van der Waals surface area contributed by atoms with Crippen molar-refractivity contribution in [1.82, 2.24) is 19.5 Å². The van der Waals surface area contributed by atoms with Crippen LogP contribution >= 0.6 is 23.5 Å². The molecule has 0 amide bonds. The maximum Gasteiger partial charge on any atom is 0.490 e. The van der Waals surface area contributed by atoms with Crippen molar-refractivity contribution in [3.63, 3.8) is 0 Å². The minimum absolute atomic E-state index is 0.0216. The number of nitrogen functional groups attached to an aromatic ring is 1. The van der Waals surface area contributed by atoms with Crippen LogP contribution in [0, 0.1) is 0 Å². The van der Waals surface area contributed by atoms with Crippen molar-refractivity contribution in [2.45, 2.75) is 24.2 Å². The maximum absolute atomic E-state index is 12.0. The van der Waals surface area contributed by atoms with Crippen LogP contribution < -0.4 is 5.73 Å². The van der Waals surface area contributed by atoms with Crippen molar-refractivity contribution in [3.05, 3.63) is 23.1 Å². The monoisotopic (exact) mass is 548 g/mol. The Hall–Kier alpha value is -2.05. The van der Waals surface area contributed by atoms with Crippen molar-refractivity contribution in [2.75, 3.05) is 12.3 Å². The number of rotatable bonds is 9. The van der Waals surface area contributed by atoms with E-state index in [1.54, 1.807) is 0 Å². The second kappa shape index (κ2) is 9.19. The summed E-state index contributed by atoms with van der Waals surface area (Å²) in [7, 11) is -17.2. The molecule has 0 aromatic carbocycles. The zero-order valence-corrected chi connectivity index (χ0v) is 18.9. The largest absolute Gasteiger partial charge is 0.490 e. The van der Waals surface area contributed by atoms with Crippen LogP contribution in [0.5, 0.6) is 0 Å². The Morgan fingerprint density at radius 2 is 1.85 bits per heavy atom. The zero-order chi connectivity index (χ0) is 25.5. The highest BCUT2D eigenvalue weighted by Gasteiger charge is 2.56. The standard InChI is InChI=1S/C10H15N8O13P3/c11-7-4-8(14-2-13-7)18(3-15-4)9-5(19)6(20)10(29-9,16-17-12)1-28-33(24,25)31-34(26,27)30-32(21,22)23/h2-3,5-6,9,19-20H,1H2,(H,24,25)(H,26,27)(H2,11,13,14)(H2,21,22,23)/t5-,6+,9-,10-/m1/s1. The number of aliphatic hydroxyl groups excluding tert-OH is 2. The number of hydrogen-bond donors (Lipinski definition) is 7. The Bertz CT molecular complexity index is 1280. The van der Waals surface area contributed by atoms with E-state index in [4.69, 9.17) is 25.8 Å². The summed E-state index contributed by atoms with van der Waals surface area (Å²) in [6.45, 7) is -1.38. The zero-order valence-electron chi connectivity index (χ0n) is 16.2. The molecule has 1 aliphatic rings. The highest BCUT2D eigenvalue weighted by Crippen LogP contribution is 2.66. The topological polar surface area (TPSA) is 328 Å². The van der Waals surface area contributed by atoms with E-state index in [1.165, 1.54) is 0 Å². The van der Waals surface area contributed by atoms with Crippen LogP contribution in [0.1, 0.15) is 6.23 Å². The molecule has 1 saturated heterocycles. The van der Waals surface area contributed by atoms with Crippen molar-refractivity contribution >= 4 is 40.4 Å². The summed E-state index contributed by atoms with van der Waals surface area (Å²) in [4.78, 5) is 49.9. The van der Waals surface area contributed by atoms with E-state index in [1.807, 2.05) is 0 Å². The molecule has 0 bridgehead atoms. The highest BCUT2D eigenvalue weighted by molar-refractivity contribution is 7.66. The van der Waals surface area contributed by atoms with Gasteiger partial charge in [0.25, 0.3) is 0 Å². The maximum atomic E-state index is 12.0. The first kappa shape index (κ1) is 26.6. The van der Waals surface area contributed by atoms with Gasteiger partial charge < -0.3 is 40.3 Å². The fourth-order valence-electron chi connectivity index (χ4n) is 2.83. The van der Waals surface area contributed by atoms with Crippen LogP contribution in [0.2, 0.25) is 0 Å². The molecular weight excluding hydrogens is 533 g/mol. The third-order valence-electron chi connectivity index (χ3n) is 4.13. The number of aliphatic hydroxyl groups is 2. The number of aromatic nitrogens is 4. The van der Waals surface area contributed by atoms with Crippen LogP contribution in [-0.2, 0) is 31.6 Å². The highest BCUT2D eigenvalue weighted by atomic mass is 31.3. The first-order valence-corrected chi connectivity index (χ1v) is 12.9. The van der Waals surface area contributed by atoms with Gasteiger partial charge in [0.2, 0.25) is 5.72 Å². The normalized spacial score (nSPS) is 28.8. The number of phosphoric ester groups is 1. The van der Waals surface area contributed by atoms with Crippen molar-refractivity contribution in [2.24, 2.45) is 5.11 Å². The van der Waals surface area contributed by atoms with Gasteiger partial charge in [-0.3, -0.25) is 9.09 Å². The van der Waals surface area contributed by atoms with Gasteiger partial charge in [-0.2, -0.15) is 8.62 Å². The third-order valence-corrected chi connectivity index (χ3v) is 7.91. The van der Waals surface area contributed by atoms with Crippen molar-refractivity contribution in [1.29, 1.82) is 0 Å². The molecule has 6 atom stereocenters. The predicted octanol–water partition coefficient (Wildman–Crippen LogP) is -0.991. The van der Waals surface area contributed by atoms with Crippen LogP contribution in [0.4, 0.5) is 5.82 Å². The number of nitrogens with two attached hydrogens (primary N) is 1. The lowest BCUT2D eigenvalue weighted by molar-refractivity contribution is -0.121. The molecule has 2 unspecified atom stereocenters. The Labute approximate surface area is 186 Å². The lowest BCUT2D eigenvalue weighted by Gasteiger charge is -2.27. The SMILES string of the molecule is [N-]=[N+]=N[C@]1(COP(=O)(O)OP(=O)(O)OP(=O)(O)O)O[C@@H](n2cnc3c(N)ncnc32)[C@H](O)[C@@H]1O. The van der Waals surface area contributed by atoms with Gasteiger partial charge in [-0.15, -0.1) is 0 Å². The fraction of sp³-hybridized carbons (Fsp3) is 0.500. The number of ether oxygens (including phenoxy) is 1. The van der Waals surface area contributed by atoms with E-state index in [0.717, 1.165) is 17.2 Å². The van der Waals surface area contributed by atoms with Crippen molar-refractivity contribution < 1.29 is 61.4 Å². The second-order valence-corrected chi connectivity index (χ2v) is 10.8. The summed E-state index contributed by atoms with van der Waals surface area (Å²) in [5, 5.41) is 24.1. The third kappa shape index (κ3) is 5.60. The van der Waals surface area contributed by atoms with Gasteiger partial charge in [0.1, 0.15) is 24.1 Å². The minimum Gasteiger partial charge on any atom is -0.387 e. The Kier molecular flexibility index (Phi) is 7.18. The molecule has 2 aromatic rings. The number of phosphoric acid groups is 3. The minimum atomic E-state index is -5.84. The van der Waals surface area contributed by atoms with Gasteiger partial charge in [0, 0.05) is 4.91 Å². The van der Waals surface area contributed by atoms with E-state index in [0.29, 0.717) is 0 Å². The average Bonchev–Trinajstić information content (AvgIpc) is 3.20. The predicted molar refractivity (Wildman–Crippen MR) is 104 cm³/mol. The van der Waals surface area contributed by atoms with Gasteiger partial charge in [0.15, 0.2) is 17.7 Å². The van der Waals surface area contributed by atoms with E-state index in [-0.39, 0.29) is 17.0 Å². The summed E-state index contributed by atoms with van der Waals surface area (Å²) in [5.41, 5.74) is 12.0. The summed E-state index contributed by atoms with van der Waals surface area (Å²) < 4.78 is 52.1. The lowest BCUT2D eigenvalue weighted by Crippen LogP contribution is -2.44. The van der Waals surface area contributed by atoms with Crippen LogP contribution in [0.3, 0.4) is 0 Å². The van der Waals surface area contributed by atoms with E-state index >= 15 is 0 Å². The van der Waals surface area contributed by atoms with E-state index in [9.17, 15) is 33.7 Å². The molecule has 24 heteroatoms. The molecule has 2 aromatic heterocycles. The van der Waals surface area contributed by atoms with Crippen LogP contribution in [0.25, 0.3) is 21.6 Å². The molecule has 0 saturated carbocycles. The Morgan fingerprint density at radius 1 is 1.18 bits per heavy atom. The number of azide groups is 1. The van der Waals surface area contributed by atoms with E-state index < -0.39 is 54.2 Å². The lowest BCUT2D eigenvalue weighted by atomic mass is 10.1. The summed E-state index contributed by atoms with van der Waals surface area (Å²) >= 11 is 0. The number of nitrogens with zero attached hydrogens (tertiary/aromatic N) is 7. The quantitative estimate of drug-likeness (QED) is 0.0855. The van der Waals surface area contributed by atoms with E-state index in [2.05, 4.69) is 38.1 Å². The molecule has 8 N–H and O–H groups in total. The molecular formula is C10H15N8O13P3. The number of hydrogen-bond acceptors (Lipinski definition) is 14. The molecule has 0 spiro atoms. The summed E-state index contributed by atoms with van der Waals surface area (Å²) in [6, 6.07) is 0. The van der Waals surface area contributed by atoms with Crippen molar-refractivity contribution in [3.8, 4) is 0 Å². The molecule has 21 nitrogen and oxygen atoms in total. The van der Waals surface area contributed by atoms with Gasteiger partial charge in [-0.05, 0) is 5.53 Å². The molecule has 1 fully saturated rings. The molecule has 34 heavy (non-hydrogen) atoms. The van der Waals surface area contributed by atoms with Crippen LogP contribution in [0.15, 0.2) is 17.8 Å². The average molecular weight is 548 g/mol. The van der Waals surface area contributed by atoms with Gasteiger partial charge in [-0.1, -0.05) is 5.11 Å². The first-order valence-electron chi connectivity index (χ1n) is 8.41. The molecule has 188 valence electrons. The molecule has 3 heterocycles. The molecule has 1 aliphatic heterocycles. The number of anilines is 1. The van der Waals surface area contributed by atoms with Gasteiger partial charge in [0.05, 0.1) is 12.9 Å². The first-order chi connectivity index (χ1) is 15.6. The molecule has 0 radical (unpaired) electrons. The van der Waals surface area contributed by atoms with Crippen LogP contribution in [-0.4, -0.2) is 73.8 Å². The summed E-state index contributed by atoms with van der Waals surface area (Å²) in [6.07, 6.45) is -3.45. The summed E-state index contributed by atoms with van der Waals surface area (Å²) in [5.74, 6) is -0.0363. The Morgan fingerprint density at radius 3 is 2.47 bits per heavy atom.